The highest BCUT2D eigenvalue weighted by atomic mass is 32.1. The zero-order valence-corrected chi connectivity index (χ0v) is 14.5. The van der Waals surface area contributed by atoms with Gasteiger partial charge in [-0.3, -0.25) is 4.79 Å². The standard InChI is InChI=1S/C17H27N3OS/c1-3-10-20(14-8-9-18-11-14)17(21)15-12(2)19-16(22-15)13-6-4-5-7-13/h13-14,18H,3-11H2,1-2H3. The number of carbonyl (C=O) groups is 1. The second-order valence-electron chi connectivity index (χ2n) is 6.59. The van der Waals surface area contributed by atoms with Gasteiger partial charge in [0.15, 0.2) is 0 Å². The molecule has 1 aliphatic carbocycles. The zero-order chi connectivity index (χ0) is 15.5. The smallest absolute Gasteiger partial charge is 0.266 e. The first kappa shape index (κ1) is 15.9. The van der Waals surface area contributed by atoms with Crippen LogP contribution in [0.2, 0.25) is 0 Å². The van der Waals surface area contributed by atoms with Crippen molar-refractivity contribution in [2.24, 2.45) is 0 Å². The lowest BCUT2D eigenvalue weighted by Crippen LogP contribution is -2.42. The Morgan fingerprint density at radius 1 is 1.36 bits per heavy atom. The molecular formula is C17H27N3OS. The second kappa shape index (κ2) is 7.09. The van der Waals surface area contributed by atoms with Crippen LogP contribution in [0.5, 0.6) is 0 Å². The fourth-order valence-electron chi connectivity index (χ4n) is 3.69. The Kier molecular flexibility index (Phi) is 5.14. The summed E-state index contributed by atoms with van der Waals surface area (Å²) >= 11 is 1.66. The van der Waals surface area contributed by atoms with Crippen LogP contribution in [0.3, 0.4) is 0 Å². The summed E-state index contributed by atoms with van der Waals surface area (Å²) in [7, 11) is 0. The summed E-state index contributed by atoms with van der Waals surface area (Å²) in [5.41, 5.74) is 0.934. The maximum atomic E-state index is 13.0. The highest BCUT2D eigenvalue weighted by Gasteiger charge is 2.30. The number of hydrogen-bond acceptors (Lipinski definition) is 4. The number of amides is 1. The van der Waals surface area contributed by atoms with Crippen LogP contribution in [0.25, 0.3) is 0 Å². The average molecular weight is 321 g/mol. The highest BCUT2D eigenvalue weighted by Crippen LogP contribution is 2.37. The van der Waals surface area contributed by atoms with Crippen molar-refractivity contribution in [1.82, 2.24) is 15.2 Å². The van der Waals surface area contributed by atoms with Gasteiger partial charge in [0.1, 0.15) is 4.88 Å². The van der Waals surface area contributed by atoms with E-state index >= 15 is 0 Å². The quantitative estimate of drug-likeness (QED) is 0.905. The summed E-state index contributed by atoms with van der Waals surface area (Å²) in [6.07, 6.45) is 7.18. The van der Waals surface area contributed by atoms with Crippen LogP contribution in [0.15, 0.2) is 0 Å². The van der Waals surface area contributed by atoms with E-state index < -0.39 is 0 Å². The van der Waals surface area contributed by atoms with Crippen molar-refractivity contribution in [2.45, 2.75) is 64.3 Å². The molecule has 0 radical (unpaired) electrons. The monoisotopic (exact) mass is 321 g/mol. The largest absolute Gasteiger partial charge is 0.334 e. The molecule has 3 rings (SSSR count). The van der Waals surface area contributed by atoms with E-state index in [1.807, 2.05) is 6.92 Å². The minimum atomic E-state index is 0.204. The third kappa shape index (κ3) is 3.20. The Labute approximate surface area is 137 Å². The van der Waals surface area contributed by atoms with E-state index in [0.717, 1.165) is 43.0 Å². The van der Waals surface area contributed by atoms with Crippen LogP contribution in [0.1, 0.15) is 71.7 Å². The molecular weight excluding hydrogens is 294 g/mol. The number of aryl methyl sites for hydroxylation is 1. The SMILES string of the molecule is CCCN(C(=O)c1sc(C2CCCC2)nc1C)C1CCNC1. The Hall–Kier alpha value is -0.940. The number of carbonyl (C=O) groups excluding carboxylic acids is 1. The van der Waals surface area contributed by atoms with Gasteiger partial charge in [0.2, 0.25) is 0 Å². The van der Waals surface area contributed by atoms with Crippen molar-refractivity contribution >= 4 is 17.2 Å². The first-order valence-electron chi connectivity index (χ1n) is 8.69. The maximum Gasteiger partial charge on any atom is 0.266 e. The van der Waals surface area contributed by atoms with Crippen molar-refractivity contribution in [3.8, 4) is 0 Å². The van der Waals surface area contributed by atoms with Crippen molar-refractivity contribution in [2.75, 3.05) is 19.6 Å². The second-order valence-corrected chi connectivity index (χ2v) is 7.62. The predicted octanol–water partition coefficient (Wildman–Crippen LogP) is 3.32. The van der Waals surface area contributed by atoms with E-state index in [2.05, 4.69) is 17.1 Å². The van der Waals surface area contributed by atoms with Crippen LogP contribution in [-0.2, 0) is 0 Å². The predicted molar refractivity (Wildman–Crippen MR) is 90.7 cm³/mol. The molecule has 1 atom stereocenters. The maximum absolute atomic E-state index is 13.0. The minimum Gasteiger partial charge on any atom is -0.334 e. The van der Waals surface area contributed by atoms with Crippen molar-refractivity contribution < 1.29 is 4.79 Å². The molecule has 0 bridgehead atoms. The van der Waals surface area contributed by atoms with Crippen LogP contribution in [0.4, 0.5) is 0 Å². The zero-order valence-electron chi connectivity index (χ0n) is 13.7. The Morgan fingerprint density at radius 3 is 2.77 bits per heavy atom. The summed E-state index contributed by atoms with van der Waals surface area (Å²) < 4.78 is 0. The van der Waals surface area contributed by atoms with E-state index in [0.29, 0.717) is 12.0 Å². The molecule has 2 fully saturated rings. The lowest BCUT2D eigenvalue weighted by Gasteiger charge is -2.27. The highest BCUT2D eigenvalue weighted by molar-refractivity contribution is 7.13. The van der Waals surface area contributed by atoms with Crippen molar-refractivity contribution in [3.63, 3.8) is 0 Å². The van der Waals surface area contributed by atoms with E-state index in [4.69, 9.17) is 4.98 Å². The first-order chi connectivity index (χ1) is 10.7. The number of rotatable bonds is 5. The molecule has 22 heavy (non-hydrogen) atoms. The number of thiazole rings is 1. The molecule has 1 saturated carbocycles. The van der Waals surface area contributed by atoms with Gasteiger partial charge in [-0.15, -0.1) is 11.3 Å². The van der Waals surface area contributed by atoms with Crippen LogP contribution in [0, 0.1) is 6.92 Å². The van der Waals surface area contributed by atoms with Gasteiger partial charge in [0.05, 0.1) is 10.7 Å². The molecule has 0 aromatic carbocycles. The van der Waals surface area contributed by atoms with E-state index in [-0.39, 0.29) is 5.91 Å². The van der Waals surface area contributed by atoms with Crippen LogP contribution in [-0.4, -0.2) is 41.5 Å². The normalized spacial score (nSPS) is 22.4. The third-order valence-electron chi connectivity index (χ3n) is 4.91. The molecule has 122 valence electrons. The third-order valence-corrected chi connectivity index (χ3v) is 6.22. The molecule has 1 saturated heterocycles. The fourth-order valence-corrected chi connectivity index (χ4v) is 4.88. The lowest BCUT2D eigenvalue weighted by molar-refractivity contribution is 0.0696. The number of nitrogens with zero attached hydrogens (tertiary/aromatic N) is 2. The van der Waals surface area contributed by atoms with Gasteiger partial charge >= 0.3 is 0 Å². The molecule has 2 aliphatic rings. The van der Waals surface area contributed by atoms with E-state index in [9.17, 15) is 4.79 Å². The molecule has 2 heterocycles. The first-order valence-corrected chi connectivity index (χ1v) is 9.51. The lowest BCUT2D eigenvalue weighted by atomic mass is 10.1. The van der Waals surface area contributed by atoms with Gasteiger partial charge in [-0.05, 0) is 39.2 Å². The van der Waals surface area contributed by atoms with Crippen molar-refractivity contribution in [3.05, 3.63) is 15.6 Å². The van der Waals surface area contributed by atoms with E-state index in [1.165, 1.54) is 30.7 Å². The summed E-state index contributed by atoms with van der Waals surface area (Å²) in [6.45, 7) is 6.94. The minimum absolute atomic E-state index is 0.204. The Morgan fingerprint density at radius 2 is 2.14 bits per heavy atom. The van der Waals surface area contributed by atoms with Crippen LogP contribution >= 0.6 is 11.3 Å². The van der Waals surface area contributed by atoms with Crippen molar-refractivity contribution in [1.29, 1.82) is 0 Å². The molecule has 0 spiro atoms. The van der Waals surface area contributed by atoms with Gasteiger partial charge in [-0.1, -0.05) is 19.8 Å². The van der Waals surface area contributed by atoms with Gasteiger partial charge < -0.3 is 10.2 Å². The van der Waals surface area contributed by atoms with E-state index in [1.54, 1.807) is 11.3 Å². The summed E-state index contributed by atoms with van der Waals surface area (Å²) in [4.78, 5) is 20.7. The fraction of sp³-hybridized carbons (Fsp3) is 0.765. The molecule has 1 amide bonds. The summed E-state index contributed by atoms with van der Waals surface area (Å²) in [5.74, 6) is 0.799. The Balaban J connectivity index is 1.79. The molecule has 4 nitrogen and oxygen atoms in total. The molecule has 1 aromatic heterocycles. The summed E-state index contributed by atoms with van der Waals surface area (Å²) in [6, 6.07) is 0.351. The average Bonchev–Trinajstić information content (AvgIpc) is 3.24. The molecule has 1 N–H and O–H groups in total. The Bertz CT molecular complexity index is 516. The number of nitrogens with one attached hydrogen (secondary N) is 1. The number of hydrogen-bond donors (Lipinski definition) is 1. The molecule has 1 unspecified atom stereocenters. The molecule has 5 heteroatoms. The van der Waals surface area contributed by atoms with Gasteiger partial charge in [-0.25, -0.2) is 4.98 Å². The van der Waals surface area contributed by atoms with Gasteiger partial charge in [-0.2, -0.15) is 0 Å². The number of aromatic nitrogens is 1. The topological polar surface area (TPSA) is 45.2 Å². The van der Waals surface area contributed by atoms with Gasteiger partial charge in [0.25, 0.3) is 5.91 Å². The van der Waals surface area contributed by atoms with Crippen LogP contribution < -0.4 is 5.32 Å². The summed E-state index contributed by atoms with van der Waals surface area (Å²) in [5, 5.41) is 4.57. The molecule has 1 aromatic rings. The van der Waals surface area contributed by atoms with Gasteiger partial charge in [0, 0.05) is 25.0 Å². The molecule has 1 aliphatic heterocycles.